The Morgan fingerprint density at radius 1 is 1.35 bits per heavy atom. The lowest BCUT2D eigenvalue weighted by Gasteiger charge is -2.17. The van der Waals surface area contributed by atoms with Crippen molar-refractivity contribution in [3.05, 3.63) is 30.1 Å². The lowest BCUT2D eigenvalue weighted by molar-refractivity contribution is -0.121. The molecular formula is C13H21N3O. The lowest BCUT2D eigenvalue weighted by atomic mass is 10.3. The molecule has 0 saturated carbocycles. The SMILES string of the molecule is CCN(CC)CCC(=O)NCc1ccccn1. The predicted octanol–water partition coefficient (Wildman–Crippen LogP) is 1.43. The summed E-state index contributed by atoms with van der Waals surface area (Å²) in [5, 5.41) is 2.87. The molecule has 0 radical (unpaired) electrons. The molecule has 4 nitrogen and oxygen atoms in total. The number of carbonyl (C=O) groups is 1. The maximum absolute atomic E-state index is 11.6. The third-order valence-corrected chi connectivity index (χ3v) is 2.74. The van der Waals surface area contributed by atoms with Gasteiger partial charge in [0.2, 0.25) is 5.91 Å². The summed E-state index contributed by atoms with van der Waals surface area (Å²) in [6, 6.07) is 5.70. The van der Waals surface area contributed by atoms with E-state index in [2.05, 4.69) is 29.0 Å². The summed E-state index contributed by atoms with van der Waals surface area (Å²) in [5.74, 6) is 0.0857. The Balaban J connectivity index is 2.22. The summed E-state index contributed by atoms with van der Waals surface area (Å²) in [6.07, 6.45) is 2.28. The van der Waals surface area contributed by atoms with E-state index in [0.29, 0.717) is 13.0 Å². The van der Waals surface area contributed by atoms with Gasteiger partial charge in [0.05, 0.1) is 12.2 Å². The van der Waals surface area contributed by atoms with Gasteiger partial charge in [0.25, 0.3) is 0 Å². The summed E-state index contributed by atoms with van der Waals surface area (Å²) in [4.78, 5) is 18.0. The van der Waals surface area contributed by atoms with E-state index in [9.17, 15) is 4.79 Å². The van der Waals surface area contributed by atoms with Gasteiger partial charge < -0.3 is 10.2 Å². The fourth-order valence-corrected chi connectivity index (χ4v) is 1.58. The second kappa shape index (κ2) is 7.79. The highest BCUT2D eigenvalue weighted by atomic mass is 16.1. The van der Waals surface area contributed by atoms with Crippen molar-refractivity contribution < 1.29 is 4.79 Å². The highest BCUT2D eigenvalue weighted by Crippen LogP contribution is 1.94. The topological polar surface area (TPSA) is 45.2 Å². The van der Waals surface area contributed by atoms with Gasteiger partial charge in [0.15, 0.2) is 0 Å². The molecule has 0 bridgehead atoms. The minimum atomic E-state index is 0.0857. The van der Waals surface area contributed by atoms with Gasteiger partial charge in [-0.1, -0.05) is 19.9 Å². The summed E-state index contributed by atoms with van der Waals surface area (Å²) in [7, 11) is 0. The molecule has 1 rings (SSSR count). The van der Waals surface area contributed by atoms with Crippen molar-refractivity contribution in [3.63, 3.8) is 0 Å². The lowest BCUT2D eigenvalue weighted by Crippen LogP contribution is -2.30. The molecular weight excluding hydrogens is 214 g/mol. The standard InChI is InChI=1S/C13H21N3O/c1-3-16(4-2)10-8-13(17)15-11-12-7-5-6-9-14-12/h5-7,9H,3-4,8,10-11H2,1-2H3,(H,15,17). The van der Waals surface area contributed by atoms with Crippen molar-refractivity contribution in [3.8, 4) is 0 Å². The van der Waals surface area contributed by atoms with Crippen LogP contribution in [-0.2, 0) is 11.3 Å². The average molecular weight is 235 g/mol. The largest absolute Gasteiger partial charge is 0.350 e. The Hall–Kier alpha value is -1.42. The molecule has 1 N–H and O–H groups in total. The molecule has 1 aromatic rings. The van der Waals surface area contributed by atoms with Crippen LogP contribution in [0, 0.1) is 0 Å². The van der Waals surface area contributed by atoms with Crippen LogP contribution in [0.4, 0.5) is 0 Å². The van der Waals surface area contributed by atoms with E-state index >= 15 is 0 Å². The smallest absolute Gasteiger partial charge is 0.221 e. The second-order valence-electron chi connectivity index (χ2n) is 3.87. The molecule has 0 saturated heterocycles. The maximum Gasteiger partial charge on any atom is 0.221 e. The minimum Gasteiger partial charge on any atom is -0.350 e. The Morgan fingerprint density at radius 2 is 2.12 bits per heavy atom. The summed E-state index contributed by atoms with van der Waals surface area (Å²) in [6.45, 7) is 7.53. The van der Waals surface area contributed by atoms with Crippen molar-refractivity contribution in [2.45, 2.75) is 26.8 Å². The predicted molar refractivity (Wildman–Crippen MR) is 68.5 cm³/mol. The summed E-state index contributed by atoms with van der Waals surface area (Å²) in [5.41, 5.74) is 0.892. The van der Waals surface area contributed by atoms with Crippen molar-refractivity contribution >= 4 is 5.91 Å². The van der Waals surface area contributed by atoms with Gasteiger partial charge in [-0.3, -0.25) is 9.78 Å². The van der Waals surface area contributed by atoms with E-state index in [4.69, 9.17) is 0 Å². The van der Waals surface area contributed by atoms with Gasteiger partial charge in [-0.2, -0.15) is 0 Å². The second-order valence-corrected chi connectivity index (χ2v) is 3.87. The van der Waals surface area contributed by atoms with E-state index < -0.39 is 0 Å². The minimum absolute atomic E-state index is 0.0857. The molecule has 0 aromatic carbocycles. The molecule has 1 amide bonds. The number of nitrogens with zero attached hydrogens (tertiary/aromatic N) is 2. The van der Waals surface area contributed by atoms with Crippen molar-refractivity contribution in [1.82, 2.24) is 15.2 Å². The number of amides is 1. The van der Waals surface area contributed by atoms with Crippen molar-refractivity contribution in [2.75, 3.05) is 19.6 Å². The molecule has 0 atom stereocenters. The number of pyridine rings is 1. The molecule has 1 heterocycles. The fourth-order valence-electron chi connectivity index (χ4n) is 1.58. The highest BCUT2D eigenvalue weighted by molar-refractivity contribution is 5.75. The molecule has 0 aliphatic rings. The number of hydrogen-bond acceptors (Lipinski definition) is 3. The van der Waals surface area contributed by atoms with Crippen LogP contribution < -0.4 is 5.32 Å². The first-order valence-electron chi connectivity index (χ1n) is 6.15. The zero-order chi connectivity index (χ0) is 12.5. The zero-order valence-corrected chi connectivity index (χ0v) is 10.6. The van der Waals surface area contributed by atoms with Gasteiger partial charge in [0.1, 0.15) is 0 Å². The van der Waals surface area contributed by atoms with Crippen LogP contribution in [0.2, 0.25) is 0 Å². The molecule has 17 heavy (non-hydrogen) atoms. The van der Waals surface area contributed by atoms with Gasteiger partial charge in [-0.05, 0) is 25.2 Å². The number of carbonyl (C=O) groups excluding carboxylic acids is 1. The molecule has 0 spiro atoms. The van der Waals surface area contributed by atoms with E-state index in [1.165, 1.54) is 0 Å². The molecule has 0 aliphatic carbocycles. The van der Waals surface area contributed by atoms with Crippen LogP contribution in [0.25, 0.3) is 0 Å². The van der Waals surface area contributed by atoms with Gasteiger partial charge in [-0.25, -0.2) is 0 Å². The van der Waals surface area contributed by atoms with E-state index in [1.807, 2.05) is 18.2 Å². The fraction of sp³-hybridized carbons (Fsp3) is 0.538. The summed E-state index contributed by atoms with van der Waals surface area (Å²) >= 11 is 0. The Bertz CT molecular complexity index is 323. The van der Waals surface area contributed by atoms with Crippen LogP contribution in [-0.4, -0.2) is 35.4 Å². The molecule has 4 heteroatoms. The highest BCUT2D eigenvalue weighted by Gasteiger charge is 2.04. The first kappa shape index (κ1) is 13.6. The number of nitrogens with one attached hydrogen (secondary N) is 1. The first-order chi connectivity index (χ1) is 8.26. The van der Waals surface area contributed by atoms with Gasteiger partial charge >= 0.3 is 0 Å². The van der Waals surface area contributed by atoms with Gasteiger partial charge in [-0.15, -0.1) is 0 Å². The molecule has 94 valence electrons. The van der Waals surface area contributed by atoms with E-state index in [0.717, 1.165) is 25.3 Å². The first-order valence-corrected chi connectivity index (χ1v) is 6.15. The maximum atomic E-state index is 11.6. The van der Waals surface area contributed by atoms with Crippen LogP contribution in [0.15, 0.2) is 24.4 Å². The quantitative estimate of drug-likeness (QED) is 0.777. The summed E-state index contributed by atoms with van der Waals surface area (Å²) < 4.78 is 0. The normalized spacial score (nSPS) is 10.5. The number of aromatic nitrogens is 1. The van der Waals surface area contributed by atoms with Crippen LogP contribution in [0.1, 0.15) is 26.0 Å². The zero-order valence-electron chi connectivity index (χ0n) is 10.6. The van der Waals surface area contributed by atoms with Crippen molar-refractivity contribution in [1.29, 1.82) is 0 Å². The molecule has 0 unspecified atom stereocenters. The van der Waals surface area contributed by atoms with Crippen LogP contribution in [0.5, 0.6) is 0 Å². The van der Waals surface area contributed by atoms with Crippen LogP contribution >= 0.6 is 0 Å². The monoisotopic (exact) mass is 235 g/mol. The molecule has 1 aromatic heterocycles. The van der Waals surface area contributed by atoms with Gasteiger partial charge in [0, 0.05) is 19.2 Å². The Morgan fingerprint density at radius 3 is 2.71 bits per heavy atom. The Kier molecular flexibility index (Phi) is 6.25. The van der Waals surface area contributed by atoms with E-state index in [-0.39, 0.29) is 5.91 Å². The Labute approximate surface area is 103 Å². The third kappa shape index (κ3) is 5.45. The third-order valence-electron chi connectivity index (χ3n) is 2.74. The number of rotatable bonds is 7. The average Bonchev–Trinajstić information content (AvgIpc) is 2.39. The number of hydrogen-bond donors (Lipinski definition) is 1. The van der Waals surface area contributed by atoms with E-state index in [1.54, 1.807) is 6.20 Å². The van der Waals surface area contributed by atoms with Crippen molar-refractivity contribution in [2.24, 2.45) is 0 Å². The van der Waals surface area contributed by atoms with Crippen LogP contribution in [0.3, 0.4) is 0 Å². The molecule has 0 fully saturated rings. The molecule has 0 aliphatic heterocycles.